The van der Waals surface area contributed by atoms with Gasteiger partial charge < -0.3 is 10.0 Å². The van der Waals surface area contributed by atoms with E-state index >= 15 is 0 Å². The lowest BCUT2D eigenvalue weighted by Crippen LogP contribution is -2.46. The minimum Gasteiger partial charge on any atom is -0.381 e. The van der Waals surface area contributed by atoms with Crippen molar-refractivity contribution in [3.8, 4) is 0 Å². The summed E-state index contributed by atoms with van der Waals surface area (Å²) < 4.78 is 29.5. The zero-order valence-corrected chi connectivity index (χ0v) is 9.49. The summed E-state index contributed by atoms with van der Waals surface area (Å²) in [5.41, 5.74) is 0. The van der Waals surface area contributed by atoms with E-state index in [1.165, 1.54) is 0 Å². The van der Waals surface area contributed by atoms with Crippen molar-refractivity contribution in [2.24, 2.45) is 0 Å². The van der Waals surface area contributed by atoms with Crippen LogP contribution >= 0.6 is 0 Å². The first kappa shape index (κ1) is 12.9. The number of nitrogens with zero attached hydrogens (tertiary/aromatic N) is 2. The van der Waals surface area contributed by atoms with Gasteiger partial charge in [0.2, 0.25) is 0 Å². The van der Waals surface area contributed by atoms with E-state index in [4.69, 9.17) is 9.66 Å². The van der Waals surface area contributed by atoms with Crippen molar-refractivity contribution in [3.05, 3.63) is 0 Å². The molecule has 0 saturated carbocycles. The quantitative estimate of drug-likeness (QED) is 0.588. The third-order valence-electron chi connectivity index (χ3n) is 2.54. The number of piperazine rings is 1. The molecule has 0 aliphatic carbocycles. The van der Waals surface area contributed by atoms with Gasteiger partial charge in [-0.1, -0.05) is 0 Å². The highest BCUT2D eigenvalue weighted by molar-refractivity contribution is 7.85. The predicted octanol–water partition coefficient (Wildman–Crippen LogP) is -1.17. The summed E-state index contributed by atoms with van der Waals surface area (Å²) in [6, 6.07) is 0. The van der Waals surface area contributed by atoms with Crippen molar-refractivity contribution in [1.29, 1.82) is 0 Å². The van der Waals surface area contributed by atoms with Crippen molar-refractivity contribution in [2.45, 2.75) is 6.42 Å². The summed E-state index contributed by atoms with van der Waals surface area (Å²) in [6.07, 6.45) is 0.456. The van der Waals surface area contributed by atoms with Gasteiger partial charge in [0.1, 0.15) is 0 Å². The molecule has 6 nitrogen and oxygen atoms in total. The molecule has 0 aromatic rings. The van der Waals surface area contributed by atoms with Crippen LogP contribution in [0.3, 0.4) is 0 Å². The van der Waals surface area contributed by atoms with Gasteiger partial charge in [-0.05, 0) is 13.0 Å². The van der Waals surface area contributed by atoms with Gasteiger partial charge in [-0.15, -0.1) is 0 Å². The molecule has 0 unspecified atom stereocenters. The van der Waals surface area contributed by atoms with E-state index in [2.05, 4.69) is 4.90 Å². The fourth-order valence-corrected chi connectivity index (χ4v) is 2.12. The van der Waals surface area contributed by atoms with E-state index in [1.54, 1.807) is 0 Å². The van der Waals surface area contributed by atoms with Crippen molar-refractivity contribution in [3.63, 3.8) is 0 Å². The Hall–Kier alpha value is -0.210. The molecule has 90 valence electrons. The molecule has 0 atom stereocenters. The van der Waals surface area contributed by atoms with Crippen LogP contribution in [0.15, 0.2) is 0 Å². The van der Waals surface area contributed by atoms with E-state index in [1.807, 2.05) is 4.90 Å². The first-order chi connectivity index (χ1) is 7.01. The highest BCUT2D eigenvalue weighted by Crippen LogP contribution is 2.02. The summed E-state index contributed by atoms with van der Waals surface area (Å²) in [4.78, 5) is 4.07. The molecule has 0 aromatic carbocycles. The summed E-state index contributed by atoms with van der Waals surface area (Å²) in [5, 5.41) is 8.86. The molecule has 0 amide bonds. The fourth-order valence-electron chi connectivity index (χ4n) is 1.62. The van der Waals surface area contributed by atoms with E-state index in [0.29, 0.717) is 13.0 Å². The number of aliphatic hydroxyl groups is 1. The molecular weight excluding hydrogens is 220 g/mol. The smallest absolute Gasteiger partial charge is 0.264 e. The van der Waals surface area contributed by atoms with E-state index in [-0.39, 0.29) is 12.5 Å². The molecule has 0 radical (unpaired) electrons. The van der Waals surface area contributed by atoms with E-state index in [0.717, 1.165) is 26.2 Å². The third kappa shape index (κ3) is 5.43. The molecule has 7 heteroatoms. The molecule has 0 bridgehead atoms. The van der Waals surface area contributed by atoms with Crippen molar-refractivity contribution in [2.75, 3.05) is 45.2 Å². The summed E-state index contributed by atoms with van der Waals surface area (Å²) in [5.74, 6) is -0.173. The van der Waals surface area contributed by atoms with Crippen LogP contribution in [0.1, 0.15) is 6.42 Å². The molecule has 1 saturated heterocycles. The molecule has 1 rings (SSSR count). The van der Waals surface area contributed by atoms with Gasteiger partial charge >= 0.3 is 0 Å². The van der Waals surface area contributed by atoms with Crippen LogP contribution in [0.4, 0.5) is 0 Å². The average Bonchev–Trinajstić information content (AvgIpc) is 2.17. The zero-order valence-electron chi connectivity index (χ0n) is 8.67. The topological polar surface area (TPSA) is 81.1 Å². The van der Waals surface area contributed by atoms with Crippen molar-refractivity contribution in [1.82, 2.24) is 9.80 Å². The van der Waals surface area contributed by atoms with Gasteiger partial charge in [-0.25, -0.2) is 0 Å². The lowest BCUT2D eigenvalue weighted by Gasteiger charge is -2.33. The summed E-state index contributed by atoms with van der Waals surface area (Å²) in [7, 11) is -3.82. The van der Waals surface area contributed by atoms with Crippen LogP contribution in [-0.2, 0) is 10.1 Å². The van der Waals surface area contributed by atoms with Gasteiger partial charge in [-0.3, -0.25) is 9.45 Å². The highest BCUT2D eigenvalue weighted by Gasteiger charge is 2.16. The van der Waals surface area contributed by atoms with Gasteiger partial charge in [0.05, 0.1) is 12.5 Å². The maximum absolute atomic E-state index is 10.5. The Balaban J connectivity index is 2.14. The van der Waals surface area contributed by atoms with E-state index < -0.39 is 10.1 Å². The average molecular weight is 238 g/mol. The summed E-state index contributed by atoms with van der Waals surface area (Å²) in [6.45, 7) is 4.06. The predicted molar refractivity (Wildman–Crippen MR) is 56.1 cm³/mol. The number of rotatable bonds is 5. The molecule has 15 heavy (non-hydrogen) atoms. The van der Waals surface area contributed by atoms with Crippen molar-refractivity contribution >= 4 is 10.1 Å². The normalized spacial score (nSPS) is 20.7. The van der Waals surface area contributed by atoms with E-state index in [9.17, 15) is 8.42 Å². The Kier molecular flexibility index (Phi) is 4.94. The SMILES string of the molecule is O=S(=O)(O)CCCN1CCN(CO)CC1. The Labute approximate surface area is 90.2 Å². The van der Waals surface area contributed by atoms with Gasteiger partial charge in [0.15, 0.2) is 0 Å². The van der Waals surface area contributed by atoms with Crippen LogP contribution in [0.2, 0.25) is 0 Å². The first-order valence-corrected chi connectivity index (χ1v) is 6.63. The third-order valence-corrected chi connectivity index (χ3v) is 3.35. The van der Waals surface area contributed by atoms with Gasteiger partial charge in [0.25, 0.3) is 10.1 Å². The molecule has 1 aliphatic heterocycles. The Morgan fingerprint density at radius 3 is 2.07 bits per heavy atom. The Morgan fingerprint density at radius 2 is 1.60 bits per heavy atom. The minimum atomic E-state index is -3.82. The lowest BCUT2D eigenvalue weighted by atomic mass is 10.3. The fraction of sp³-hybridized carbons (Fsp3) is 1.00. The van der Waals surface area contributed by atoms with Crippen molar-refractivity contribution < 1.29 is 18.1 Å². The minimum absolute atomic E-state index is 0.0822. The zero-order chi connectivity index (χ0) is 11.3. The maximum Gasteiger partial charge on any atom is 0.264 e. The second kappa shape index (κ2) is 5.76. The molecular formula is C8H18N2O4S. The number of hydrogen-bond donors (Lipinski definition) is 2. The van der Waals surface area contributed by atoms with Gasteiger partial charge in [0, 0.05) is 26.2 Å². The van der Waals surface area contributed by atoms with Crippen LogP contribution in [0.25, 0.3) is 0 Å². The molecule has 1 fully saturated rings. The summed E-state index contributed by atoms with van der Waals surface area (Å²) >= 11 is 0. The van der Waals surface area contributed by atoms with Crippen LogP contribution in [0, 0.1) is 0 Å². The maximum atomic E-state index is 10.5. The Bertz CT molecular complexity index is 272. The standard InChI is InChI=1S/C8H18N2O4S/c11-8-10-5-3-9(4-6-10)2-1-7-15(12,13)14/h11H,1-8H2,(H,12,13,14). The van der Waals surface area contributed by atoms with Gasteiger partial charge in [-0.2, -0.15) is 8.42 Å². The van der Waals surface area contributed by atoms with Crippen LogP contribution in [-0.4, -0.2) is 73.1 Å². The number of hydrogen-bond acceptors (Lipinski definition) is 5. The molecule has 1 aliphatic rings. The number of aliphatic hydroxyl groups excluding tert-OH is 1. The molecule has 0 aromatic heterocycles. The molecule has 1 heterocycles. The van der Waals surface area contributed by atoms with Crippen LogP contribution < -0.4 is 0 Å². The van der Waals surface area contributed by atoms with Crippen LogP contribution in [0.5, 0.6) is 0 Å². The first-order valence-electron chi connectivity index (χ1n) is 5.02. The lowest BCUT2D eigenvalue weighted by molar-refractivity contribution is 0.0545. The second-order valence-electron chi connectivity index (χ2n) is 3.74. The largest absolute Gasteiger partial charge is 0.381 e. The second-order valence-corrected chi connectivity index (χ2v) is 5.31. The molecule has 2 N–H and O–H groups in total. The highest BCUT2D eigenvalue weighted by atomic mass is 32.2. The molecule has 0 spiro atoms. The Morgan fingerprint density at radius 1 is 1.07 bits per heavy atom. The monoisotopic (exact) mass is 238 g/mol.